The first-order chi connectivity index (χ1) is 12.0. The van der Waals surface area contributed by atoms with E-state index >= 15 is 0 Å². The van der Waals surface area contributed by atoms with Crippen LogP contribution in [-0.2, 0) is 4.79 Å². The van der Waals surface area contributed by atoms with Crippen molar-refractivity contribution in [2.24, 2.45) is 0 Å². The van der Waals surface area contributed by atoms with Crippen LogP contribution in [0.5, 0.6) is 5.75 Å². The molecule has 0 aliphatic carbocycles. The summed E-state index contributed by atoms with van der Waals surface area (Å²) in [6.45, 7) is 4.81. The van der Waals surface area contributed by atoms with Crippen LogP contribution in [0.3, 0.4) is 0 Å². The number of anilines is 2. The lowest BCUT2D eigenvalue weighted by atomic mass is 10.2. The molecule has 2 N–H and O–H groups in total. The number of para-hydroxylation sites is 2. The molecule has 0 unspecified atom stereocenters. The number of rotatable bonds is 4. The van der Waals surface area contributed by atoms with Gasteiger partial charge in [-0.15, -0.1) is 0 Å². The molecular formula is C19H22FN3O2. The number of hydrogen-bond acceptors (Lipinski definition) is 4. The summed E-state index contributed by atoms with van der Waals surface area (Å²) in [4.78, 5) is 16.6. The van der Waals surface area contributed by atoms with Crippen LogP contribution in [0.1, 0.15) is 6.92 Å². The highest BCUT2D eigenvalue weighted by molar-refractivity contribution is 5.94. The van der Waals surface area contributed by atoms with Gasteiger partial charge in [0, 0.05) is 31.9 Å². The Morgan fingerprint density at radius 2 is 1.72 bits per heavy atom. The number of piperazine rings is 1. The summed E-state index contributed by atoms with van der Waals surface area (Å²) in [6.07, 6.45) is 0. The number of phenolic OH excluding ortho intramolecular Hbond substituents is 1. The molecule has 132 valence electrons. The maximum Gasteiger partial charge on any atom is 0.241 e. The molecule has 0 radical (unpaired) electrons. The largest absolute Gasteiger partial charge is 0.506 e. The second-order valence-corrected chi connectivity index (χ2v) is 6.18. The summed E-state index contributed by atoms with van der Waals surface area (Å²) in [5.74, 6) is -0.160. The molecule has 3 rings (SSSR count). The molecule has 2 aromatic rings. The average molecular weight is 343 g/mol. The Hall–Kier alpha value is -2.60. The minimum atomic E-state index is -0.327. The first-order valence-electron chi connectivity index (χ1n) is 8.38. The van der Waals surface area contributed by atoms with Crippen molar-refractivity contribution in [3.8, 4) is 5.75 Å². The summed E-state index contributed by atoms with van der Waals surface area (Å²) >= 11 is 0. The quantitative estimate of drug-likeness (QED) is 0.896. The Kier molecular flexibility index (Phi) is 5.19. The van der Waals surface area contributed by atoms with Crippen LogP contribution in [-0.4, -0.2) is 48.1 Å². The second-order valence-electron chi connectivity index (χ2n) is 6.18. The van der Waals surface area contributed by atoms with E-state index in [2.05, 4.69) is 15.1 Å². The van der Waals surface area contributed by atoms with Gasteiger partial charge in [0.25, 0.3) is 0 Å². The van der Waals surface area contributed by atoms with Gasteiger partial charge in [0.2, 0.25) is 5.91 Å². The molecule has 1 saturated heterocycles. The maximum absolute atomic E-state index is 12.9. The molecule has 0 bridgehead atoms. The first kappa shape index (κ1) is 17.2. The molecule has 1 aliphatic rings. The molecule has 6 heteroatoms. The highest BCUT2D eigenvalue weighted by Gasteiger charge is 2.26. The molecule has 0 saturated carbocycles. The lowest BCUT2D eigenvalue weighted by molar-refractivity contribution is -0.120. The van der Waals surface area contributed by atoms with Gasteiger partial charge in [-0.1, -0.05) is 12.1 Å². The van der Waals surface area contributed by atoms with Crippen LogP contribution in [0, 0.1) is 5.82 Å². The Balaban J connectivity index is 1.56. The van der Waals surface area contributed by atoms with Gasteiger partial charge >= 0.3 is 0 Å². The predicted molar refractivity (Wildman–Crippen MR) is 96.4 cm³/mol. The third-order valence-corrected chi connectivity index (χ3v) is 4.58. The Labute approximate surface area is 146 Å². The van der Waals surface area contributed by atoms with Gasteiger partial charge in [0.15, 0.2) is 0 Å². The van der Waals surface area contributed by atoms with Gasteiger partial charge in [-0.25, -0.2) is 4.39 Å². The number of hydrogen-bond donors (Lipinski definition) is 2. The van der Waals surface area contributed by atoms with E-state index in [9.17, 15) is 14.3 Å². The summed E-state index contributed by atoms with van der Waals surface area (Å²) in [5, 5.41) is 12.8. The zero-order valence-corrected chi connectivity index (χ0v) is 14.2. The number of carbonyl (C=O) groups excluding carboxylic acids is 1. The van der Waals surface area contributed by atoms with Crippen molar-refractivity contribution in [2.45, 2.75) is 13.0 Å². The standard InChI is InChI=1S/C19H22FN3O2/c1-14(19(25)21-16-8-6-15(20)7-9-16)22-10-12-23(13-11-22)17-4-2-3-5-18(17)24/h2-9,14,24H,10-13H2,1H3,(H,21,25)/t14-/m0/s1. The summed E-state index contributed by atoms with van der Waals surface area (Å²) in [7, 11) is 0. The normalized spacial score (nSPS) is 16.5. The molecule has 1 amide bonds. The number of aromatic hydroxyl groups is 1. The number of carbonyl (C=O) groups is 1. The monoisotopic (exact) mass is 343 g/mol. The van der Waals surface area contributed by atoms with Crippen molar-refractivity contribution in [1.29, 1.82) is 0 Å². The van der Waals surface area contributed by atoms with E-state index in [1.54, 1.807) is 24.3 Å². The number of benzene rings is 2. The Bertz CT molecular complexity index is 728. The van der Waals surface area contributed by atoms with Crippen molar-refractivity contribution in [3.05, 3.63) is 54.3 Å². The van der Waals surface area contributed by atoms with Crippen molar-refractivity contribution >= 4 is 17.3 Å². The van der Waals surface area contributed by atoms with Crippen LogP contribution in [0.2, 0.25) is 0 Å². The van der Waals surface area contributed by atoms with Crippen molar-refractivity contribution in [2.75, 3.05) is 36.4 Å². The van der Waals surface area contributed by atoms with Crippen LogP contribution >= 0.6 is 0 Å². The third-order valence-electron chi connectivity index (χ3n) is 4.58. The van der Waals surface area contributed by atoms with Gasteiger partial charge in [-0.2, -0.15) is 0 Å². The highest BCUT2D eigenvalue weighted by Crippen LogP contribution is 2.27. The highest BCUT2D eigenvalue weighted by atomic mass is 19.1. The van der Waals surface area contributed by atoms with Crippen LogP contribution in [0.15, 0.2) is 48.5 Å². The minimum Gasteiger partial charge on any atom is -0.506 e. The van der Waals surface area contributed by atoms with Gasteiger partial charge in [-0.3, -0.25) is 9.69 Å². The summed E-state index contributed by atoms with van der Waals surface area (Å²) < 4.78 is 12.9. The molecule has 1 heterocycles. The molecular weight excluding hydrogens is 321 g/mol. The number of nitrogens with zero attached hydrogens (tertiary/aromatic N) is 2. The van der Waals surface area contributed by atoms with Gasteiger partial charge in [0.05, 0.1) is 11.7 Å². The van der Waals surface area contributed by atoms with Gasteiger partial charge in [-0.05, 0) is 43.3 Å². The predicted octanol–water partition coefficient (Wildman–Crippen LogP) is 2.68. The zero-order chi connectivity index (χ0) is 17.8. The molecule has 1 fully saturated rings. The number of nitrogens with one attached hydrogen (secondary N) is 1. The second kappa shape index (κ2) is 7.53. The zero-order valence-electron chi connectivity index (χ0n) is 14.2. The van der Waals surface area contributed by atoms with Crippen molar-refractivity contribution in [1.82, 2.24) is 4.90 Å². The average Bonchev–Trinajstić information content (AvgIpc) is 2.63. The molecule has 1 atom stereocenters. The first-order valence-corrected chi connectivity index (χ1v) is 8.38. The van der Waals surface area contributed by atoms with Crippen LogP contribution in [0.25, 0.3) is 0 Å². The van der Waals surface area contributed by atoms with Crippen LogP contribution in [0.4, 0.5) is 15.8 Å². The molecule has 0 spiro atoms. The molecule has 5 nitrogen and oxygen atoms in total. The number of amides is 1. The van der Waals surface area contributed by atoms with E-state index in [0.717, 1.165) is 31.9 Å². The molecule has 0 aromatic heterocycles. The molecule has 25 heavy (non-hydrogen) atoms. The Morgan fingerprint density at radius 1 is 1.08 bits per heavy atom. The minimum absolute atomic E-state index is 0.109. The van der Waals surface area contributed by atoms with E-state index < -0.39 is 0 Å². The lowest BCUT2D eigenvalue weighted by Crippen LogP contribution is -2.52. The fourth-order valence-electron chi connectivity index (χ4n) is 3.03. The summed E-state index contributed by atoms with van der Waals surface area (Å²) in [6, 6.07) is 12.8. The fourth-order valence-corrected chi connectivity index (χ4v) is 3.03. The number of phenols is 1. The smallest absolute Gasteiger partial charge is 0.241 e. The van der Waals surface area contributed by atoms with E-state index in [4.69, 9.17) is 0 Å². The SMILES string of the molecule is C[C@@H](C(=O)Nc1ccc(F)cc1)N1CCN(c2ccccc2O)CC1. The third kappa shape index (κ3) is 4.09. The van der Waals surface area contributed by atoms with E-state index in [-0.39, 0.29) is 23.5 Å². The van der Waals surface area contributed by atoms with Gasteiger partial charge < -0.3 is 15.3 Å². The number of halogens is 1. The van der Waals surface area contributed by atoms with Crippen molar-refractivity contribution in [3.63, 3.8) is 0 Å². The van der Waals surface area contributed by atoms with Crippen molar-refractivity contribution < 1.29 is 14.3 Å². The van der Waals surface area contributed by atoms with Gasteiger partial charge in [0.1, 0.15) is 11.6 Å². The molecule has 1 aliphatic heterocycles. The van der Waals surface area contributed by atoms with E-state index in [1.807, 2.05) is 19.1 Å². The Morgan fingerprint density at radius 3 is 2.36 bits per heavy atom. The van der Waals surface area contributed by atoms with E-state index in [0.29, 0.717) is 5.69 Å². The topological polar surface area (TPSA) is 55.8 Å². The fraction of sp³-hybridized carbons (Fsp3) is 0.316. The van der Waals surface area contributed by atoms with Crippen LogP contribution < -0.4 is 10.2 Å². The maximum atomic E-state index is 12.9. The molecule has 2 aromatic carbocycles. The lowest BCUT2D eigenvalue weighted by Gasteiger charge is -2.38. The summed E-state index contributed by atoms with van der Waals surface area (Å²) in [5.41, 5.74) is 1.41. The van der Waals surface area contributed by atoms with E-state index in [1.165, 1.54) is 12.1 Å².